The third kappa shape index (κ3) is 24.4. The Bertz CT molecular complexity index is 445. The lowest BCUT2D eigenvalue weighted by Gasteiger charge is -2.29. The molecular formula is C30H62N2O3. The van der Waals surface area contributed by atoms with Gasteiger partial charge in [-0.3, -0.25) is 9.59 Å². The Balaban J connectivity index is 0. The minimum absolute atomic E-state index is 0.0856. The highest BCUT2D eigenvalue weighted by Crippen LogP contribution is 2.34. The third-order valence-corrected chi connectivity index (χ3v) is 7.06. The van der Waals surface area contributed by atoms with Gasteiger partial charge < -0.3 is 16.6 Å². The molecule has 0 saturated heterocycles. The standard InChI is InChI=1S/C18H38O.C12H24N2O2/c1-2-3-4-5-6-7-8-9-10-11-12-13-14-15-16-17-18-19;1-3-5-7-12(11(14)16,8-6-4-2)9-10(13)15/h19H,2-18H2,1H3;3-9H2,1-2H3,(H2,13,15)(H2,14,16). The maximum Gasteiger partial charge on any atom is 0.224 e. The first-order valence-corrected chi connectivity index (χ1v) is 15.1. The lowest BCUT2D eigenvalue weighted by atomic mass is 9.74. The van der Waals surface area contributed by atoms with Gasteiger partial charge in [0.25, 0.3) is 0 Å². The van der Waals surface area contributed by atoms with Crippen molar-refractivity contribution in [2.75, 3.05) is 6.61 Å². The van der Waals surface area contributed by atoms with Crippen LogP contribution in [0.25, 0.3) is 0 Å². The summed E-state index contributed by atoms with van der Waals surface area (Å²) in [5, 5.41) is 8.67. The number of primary amides is 2. The fraction of sp³-hybridized carbons (Fsp3) is 0.933. The highest BCUT2D eigenvalue weighted by molar-refractivity contribution is 5.87. The second-order valence-corrected chi connectivity index (χ2v) is 10.5. The van der Waals surface area contributed by atoms with Gasteiger partial charge in [0.15, 0.2) is 0 Å². The summed E-state index contributed by atoms with van der Waals surface area (Å²) in [5.41, 5.74) is 9.96. The first-order chi connectivity index (χ1) is 16.9. The zero-order valence-electron chi connectivity index (χ0n) is 23.9. The van der Waals surface area contributed by atoms with Crippen LogP contribution in [0.1, 0.15) is 168 Å². The monoisotopic (exact) mass is 498 g/mol. The Morgan fingerprint density at radius 2 is 0.857 bits per heavy atom. The van der Waals surface area contributed by atoms with Crippen LogP contribution in [-0.4, -0.2) is 23.5 Å². The van der Waals surface area contributed by atoms with Crippen molar-refractivity contribution in [2.24, 2.45) is 16.9 Å². The van der Waals surface area contributed by atoms with Crippen molar-refractivity contribution in [1.29, 1.82) is 0 Å². The predicted molar refractivity (Wildman–Crippen MR) is 151 cm³/mol. The summed E-state index contributed by atoms with van der Waals surface area (Å²) in [7, 11) is 0. The van der Waals surface area contributed by atoms with Gasteiger partial charge in [0.05, 0.1) is 5.41 Å². The van der Waals surface area contributed by atoms with E-state index < -0.39 is 11.3 Å². The van der Waals surface area contributed by atoms with E-state index in [4.69, 9.17) is 16.6 Å². The number of aliphatic hydroxyl groups is 1. The molecule has 0 bridgehead atoms. The van der Waals surface area contributed by atoms with Gasteiger partial charge in [0.1, 0.15) is 0 Å². The van der Waals surface area contributed by atoms with Gasteiger partial charge in [0.2, 0.25) is 11.8 Å². The Labute approximate surface area is 218 Å². The summed E-state index contributed by atoms with van der Waals surface area (Å²) >= 11 is 0. The van der Waals surface area contributed by atoms with Crippen molar-refractivity contribution in [3.63, 3.8) is 0 Å². The summed E-state index contributed by atoms with van der Waals surface area (Å²) in [6, 6.07) is 0. The van der Waals surface area contributed by atoms with Crippen LogP contribution >= 0.6 is 0 Å². The molecule has 2 amide bonds. The second-order valence-electron chi connectivity index (χ2n) is 10.5. The van der Waals surface area contributed by atoms with Gasteiger partial charge in [0, 0.05) is 13.0 Å². The molecule has 0 saturated carbocycles. The van der Waals surface area contributed by atoms with E-state index in [0.29, 0.717) is 19.4 Å². The molecule has 0 aliphatic heterocycles. The third-order valence-electron chi connectivity index (χ3n) is 7.06. The van der Waals surface area contributed by atoms with E-state index >= 15 is 0 Å². The summed E-state index contributed by atoms with van der Waals surface area (Å²) in [6.07, 6.45) is 27.4. The minimum atomic E-state index is -0.710. The molecule has 5 heteroatoms. The van der Waals surface area contributed by atoms with Crippen molar-refractivity contribution < 1.29 is 14.7 Å². The number of carbonyl (C=O) groups is 2. The number of nitrogens with two attached hydrogens (primary N) is 2. The molecule has 210 valence electrons. The highest BCUT2D eigenvalue weighted by atomic mass is 16.3. The van der Waals surface area contributed by atoms with Crippen molar-refractivity contribution >= 4 is 11.8 Å². The normalized spacial score (nSPS) is 11.2. The molecular weight excluding hydrogens is 436 g/mol. The molecule has 0 unspecified atom stereocenters. The maximum atomic E-state index is 11.6. The van der Waals surface area contributed by atoms with Crippen LogP contribution in [0.5, 0.6) is 0 Å². The maximum absolute atomic E-state index is 11.6. The smallest absolute Gasteiger partial charge is 0.224 e. The van der Waals surface area contributed by atoms with Crippen LogP contribution in [0.3, 0.4) is 0 Å². The van der Waals surface area contributed by atoms with E-state index in [1.807, 2.05) is 0 Å². The first-order valence-electron chi connectivity index (χ1n) is 15.1. The zero-order valence-corrected chi connectivity index (χ0v) is 23.9. The molecule has 0 rings (SSSR count). The molecule has 0 aromatic rings. The summed E-state index contributed by atoms with van der Waals surface area (Å²) < 4.78 is 0. The van der Waals surface area contributed by atoms with Gasteiger partial charge in [-0.05, 0) is 19.3 Å². The zero-order chi connectivity index (χ0) is 26.6. The molecule has 35 heavy (non-hydrogen) atoms. The Hall–Kier alpha value is -1.10. The SMILES string of the molecule is CCCCC(CCCC)(CC(N)=O)C(N)=O.CCCCCCCCCCCCCCCCCCO. The summed E-state index contributed by atoms with van der Waals surface area (Å²) in [4.78, 5) is 22.6. The molecule has 0 aromatic heterocycles. The molecule has 0 aliphatic rings. The van der Waals surface area contributed by atoms with Crippen molar-refractivity contribution in [2.45, 2.75) is 168 Å². The van der Waals surface area contributed by atoms with E-state index in [1.54, 1.807) is 0 Å². The number of amides is 2. The highest BCUT2D eigenvalue weighted by Gasteiger charge is 2.36. The Morgan fingerprint density at radius 3 is 1.11 bits per heavy atom. The lowest BCUT2D eigenvalue weighted by Crippen LogP contribution is -2.40. The average molecular weight is 499 g/mol. The fourth-order valence-corrected chi connectivity index (χ4v) is 4.66. The van der Waals surface area contributed by atoms with Crippen LogP contribution in [0.15, 0.2) is 0 Å². The average Bonchev–Trinajstić information content (AvgIpc) is 2.83. The van der Waals surface area contributed by atoms with Crippen LogP contribution in [-0.2, 0) is 9.59 Å². The van der Waals surface area contributed by atoms with Crippen molar-refractivity contribution in [1.82, 2.24) is 0 Å². The van der Waals surface area contributed by atoms with Crippen LogP contribution in [0.2, 0.25) is 0 Å². The van der Waals surface area contributed by atoms with E-state index in [0.717, 1.165) is 32.1 Å². The molecule has 5 N–H and O–H groups in total. The Morgan fingerprint density at radius 1 is 0.543 bits per heavy atom. The van der Waals surface area contributed by atoms with Gasteiger partial charge in [-0.15, -0.1) is 0 Å². The molecule has 0 aromatic carbocycles. The molecule has 5 nitrogen and oxygen atoms in total. The molecule has 0 spiro atoms. The van der Waals surface area contributed by atoms with Crippen molar-refractivity contribution in [3.05, 3.63) is 0 Å². The van der Waals surface area contributed by atoms with E-state index in [9.17, 15) is 9.59 Å². The summed E-state index contributed by atoms with van der Waals surface area (Å²) in [6.45, 7) is 6.76. The number of unbranched alkanes of at least 4 members (excludes halogenated alkanes) is 17. The van der Waals surface area contributed by atoms with Crippen LogP contribution < -0.4 is 11.5 Å². The number of hydrogen-bond acceptors (Lipinski definition) is 3. The number of rotatable bonds is 25. The first kappa shape index (κ1) is 36.1. The number of carbonyl (C=O) groups excluding carboxylic acids is 2. The van der Waals surface area contributed by atoms with E-state index in [-0.39, 0.29) is 12.3 Å². The molecule has 0 atom stereocenters. The van der Waals surface area contributed by atoms with Crippen molar-refractivity contribution in [3.8, 4) is 0 Å². The lowest BCUT2D eigenvalue weighted by molar-refractivity contribution is -0.134. The molecule has 0 heterocycles. The minimum Gasteiger partial charge on any atom is -0.396 e. The number of aliphatic hydroxyl groups excluding tert-OH is 1. The predicted octanol–water partition coefficient (Wildman–Crippen LogP) is 7.95. The van der Waals surface area contributed by atoms with E-state index in [2.05, 4.69) is 20.8 Å². The molecule has 0 fully saturated rings. The van der Waals surface area contributed by atoms with Gasteiger partial charge in [-0.2, -0.15) is 0 Å². The molecule has 0 radical (unpaired) electrons. The quantitative estimate of drug-likeness (QED) is 0.111. The fourth-order valence-electron chi connectivity index (χ4n) is 4.66. The number of hydrogen-bond donors (Lipinski definition) is 3. The van der Waals surface area contributed by atoms with Gasteiger partial charge in [-0.1, -0.05) is 143 Å². The largest absolute Gasteiger partial charge is 0.396 e. The second kappa shape index (κ2) is 27.5. The van der Waals surface area contributed by atoms with Gasteiger partial charge >= 0.3 is 0 Å². The summed E-state index contributed by atoms with van der Waals surface area (Å²) in [5.74, 6) is -0.820. The van der Waals surface area contributed by atoms with E-state index in [1.165, 1.54) is 96.3 Å². The Kier molecular flexibility index (Phi) is 28.3. The van der Waals surface area contributed by atoms with Crippen LogP contribution in [0, 0.1) is 5.41 Å². The topological polar surface area (TPSA) is 106 Å². The van der Waals surface area contributed by atoms with Gasteiger partial charge in [-0.25, -0.2) is 0 Å². The molecule has 0 aliphatic carbocycles. The van der Waals surface area contributed by atoms with Crippen LogP contribution in [0.4, 0.5) is 0 Å².